The molecule has 0 heterocycles. The highest BCUT2D eigenvalue weighted by atomic mass is 127. The van der Waals surface area contributed by atoms with E-state index in [0.717, 1.165) is 16.6 Å². The van der Waals surface area contributed by atoms with Crippen LogP contribution in [0, 0.1) is 0 Å². The number of halogens is 2. The van der Waals surface area contributed by atoms with Crippen LogP contribution < -0.4 is 16.4 Å². The lowest BCUT2D eigenvalue weighted by Crippen LogP contribution is -2.26. The third-order valence-corrected chi connectivity index (χ3v) is 3.58. The third-order valence-electron chi connectivity index (χ3n) is 3.06. The van der Waals surface area contributed by atoms with Crippen LogP contribution in [0.15, 0.2) is 64.1 Å². The Hall–Kier alpha value is -1.61. The van der Waals surface area contributed by atoms with Gasteiger partial charge in [0, 0.05) is 28.8 Å². The zero-order valence-electron chi connectivity index (χ0n) is 13.0. The second-order valence-electron chi connectivity index (χ2n) is 4.87. The molecule has 128 valence electrons. The summed E-state index contributed by atoms with van der Waals surface area (Å²) >= 11 is 3.34. The highest BCUT2D eigenvalue weighted by Crippen LogP contribution is 2.10. The minimum atomic E-state index is -0.0862. The number of nitrogens with zero attached hydrogens (tertiary/aromatic N) is 1. The van der Waals surface area contributed by atoms with Crippen LogP contribution in [0.4, 0.5) is 5.69 Å². The van der Waals surface area contributed by atoms with Crippen LogP contribution in [0.2, 0.25) is 0 Å². The van der Waals surface area contributed by atoms with Crippen molar-refractivity contribution in [2.75, 3.05) is 18.4 Å². The minimum Gasteiger partial charge on any atom is -0.370 e. The molecule has 0 saturated heterocycles. The first kappa shape index (κ1) is 20.4. The number of guanidine groups is 1. The lowest BCUT2D eigenvalue weighted by Gasteiger charge is -2.06. The number of aliphatic imine (C=N–C) groups is 1. The van der Waals surface area contributed by atoms with Crippen LogP contribution in [0.5, 0.6) is 0 Å². The lowest BCUT2D eigenvalue weighted by atomic mass is 10.2. The van der Waals surface area contributed by atoms with E-state index in [4.69, 9.17) is 5.73 Å². The van der Waals surface area contributed by atoms with Crippen LogP contribution in [-0.2, 0) is 0 Å². The van der Waals surface area contributed by atoms with Gasteiger partial charge in [0.15, 0.2) is 5.96 Å². The standard InChI is InChI=1S/C17H19BrN4O.HI/c18-14-9-7-13(8-10-14)16(23)20-11-4-12-21-17(19)22-15-5-2-1-3-6-15;/h1-3,5-10H,4,11-12H2,(H,20,23)(H3,19,21,22);1H. The van der Waals surface area contributed by atoms with Crippen molar-refractivity contribution in [3.8, 4) is 0 Å². The molecule has 0 bridgehead atoms. The Labute approximate surface area is 167 Å². The van der Waals surface area contributed by atoms with Crippen molar-refractivity contribution in [1.29, 1.82) is 0 Å². The van der Waals surface area contributed by atoms with Crippen molar-refractivity contribution in [2.45, 2.75) is 6.42 Å². The van der Waals surface area contributed by atoms with Crippen molar-refractivity contribution >= 4 is 57.5 Å². The maximum Gasteiger partial charge on any atom is 0.251 e. The van der Waals surface area contributed by atoms with E-state index in [9.17, 15) is 4.79 Å². The Bertz CT molecular complexity index is 662. The molecule has 0 aliphatic rings. The molecule has 0 spiro atoms. The van der Waals surface area contributed by atoms with Gasteiger partial charge in [-0.2, -0.15) is 0 Å². The van der Waals surface area contributed by atoms with Gasteiger partial charge in [-0.1, -0.05) is 34.1 Å². The Balaban J connectivity index is 0.00000288. The van der Waals surface area contributed by atoms with Gasteiger partial charge in [0.25, 0.3) is 5.91 Å². The summed E-state index contributed by atoms with van der Waals surface area (Å²) in [6.07, 6.45) is 0.722. The van der Waals surface area contributed by atoms with Gasteiger partial charge >= 0.3 is 0 Å². The van der Waals surface area contributed by atoms with Gasteiger partial charge in [-0.3, -0.25) is 9.79 Å². The quantitative estimate of drug-likeness (QED) is 0.244. The SMILES string of the molecule is I.NC(=NCCCNC(=O)c1ccc(Br)cc1)Nc1ccccc1. The summed E-state index contributed by atoms with van der Waals surface area (Å²) in [6, 6.07) is 16.9. The van der Waals surface area contributed by atoms with Crippen LogP contribution in [0.1, 0.15) is 16.8 Å². The highest BCUT2D eigenvalue weighted by molar-refractivity contribution is 14.0. The molecule has 0 saturated carbocycles. The fourth-order valence-corrected chi connectivity index (χ4v) is 2.16. The molecule has 1 amide bonds. The summed E-state index contributed by atoms with van der Waals surface area (Å²) in [4.78, 5) is 16.1. The van der Waals surface area contributed by atoms with Crippen molar-refractivity contribution in [3.63, 3.8) is 0 Å². The topological polar surface area (TPSA) is 79.5 Å². The number of nitrogens with one attached hydrogen (secondary N) is 2. The van der Waals surface area contributed by atoms with Crippen molar-refractivity contribution in [2.24, 2.45) is 10.7 Å². The third kappa shape index (κ3) is 7.31. The summed E-state index contributed by atoms with van der Waals surface area (Å²) in [7, 11) is 0. The Morgan fingerprint density at radius 3 is 2.42 bits per heavy atom. The molecule has 0 fully saturated rings. The van der Waals surface area contributed by atoms with Crippen LogP contribution in [-0.4, -0.2) is 25.0 Å². The fraction of sp³-hybridized carbons (Fsp3) is 0.176. The van der Waals surface area contributed by atoms with Gasteiger partial charge in [-0.15, -0.1) is 24.0 Å². The fourth-order valence-electron chi connectivity index (χ4n) is 1.89. The van der Waals surface area contributed by atoms with Gasteiger partial charge < -0.3 is 16.4 Å². The molecule has 0 radical (unpaired) electrons. The molecule has 0 aliphatic carbocycles. The Morgan fingerprint density at radius 1 is 1.08 bits per heavy atom. The van der Waals surface area contributed by atoms with Gasteiger partial charge in [-0.05, 0) is 42.8 Å². The van der Waals surface area contributed by atoms with Gasteiger partial charge in [0.05, 0.1) is 0 Å². The first-order valence-electron chi connectivity index (χ1n) is 7.31. The van der Waals surface area contributed by atoms with E-state index in [1.54, 1.807) is 12.1 Å². The maximum atomic E-state index is 11.9. The Morgan fingerprint density at radius 2 is 1.75 bits per heavy atom. The van der Waals surface area contributed by atoms with E-state index < -0.39 is 0 Å². The number of hydrogen-bond donors (Lipinski definition) is 3. The van der Waals surface area contributed by atoms with Crippen LogP contribution >= 0.6 is 39.9 Å². The summed E-state index contributed by atoms with van der Waals surface area (Å²) in [6.45, 7) is 1.10. The predicted octanol–water partition coefficient (Wildman–Crippen LogP) is 3.61. The number of benzene rings is 2. The van der Waals surface area contributed by atoms with Gasteiger partial charge in [0.2, 0.25) is 0 Å². The lowest BCUT2D eigenvalue weighted by molar-refractivity contribution is 0.0953. The van der Waals surface area contributed by atoms with Crippen LogP contribution in [0.25, 0.3) is 0 Å². The van der Waals surface area contributed by atoms with Gasteiger partial charge in [-0.25, -0.2) is 0 Å². The largest absolute Gasteiger partial charge is 0.370 e. The zero-order valence-corrected chi connectivity index (χ0v) is 17.0. The van der Waals surface area contributed by atoms with Gasteiger partial charge in [0.1, 0.15) is 0 Å². The molecule has 4 N–H and O–H groups in total. The van der Waals surface area contributed by atoms with E-state index >= 15 is 0 Å². The first-order valence-corrected chi connectivity index (χ1v) is 8.10. The molecule has 2 aromatic carbocycles. The van der Waals surface area contributed by atoms with Crippen LogP contribution in [0.3, 0.4) is 0 Å². The average Bonchev–Trinajstić information content (AvgIpc) is 2.56. The molecule has 5 nitrogen and oxygen atoms in total. The van der Waals surface area contributed by atoms with Crippen molar-refractivity contribution in [1.82, 2.24) is 5.32 Å². The van der Waals surface area contributed by atoms with E-state index in [1.807, 2.05) is 42.5 Å². The normalized spacial score (nSPS) is 10.6. The second kappa shape index (κ2) is 11.0. The second-order valence-corrected chi connectivity index (χ2v) is 5.79. The molecule has 0 unspecified atom stereocenters. The predicted molar refractivity (Wildman–Crippen MR) is 113 cm³/mol. The summed E-state index contributed by atoms with van der Waals surface area (Å²) < 4.78 is 0.949. The smallest absolute Gasteiger partial charge is 0.251 e. The molecule has 2 rings (SSSR count). The molecule has 2 aromatic rings. The number of carbonyl (C=O) groups is 1. The first-order chi connectivity index (χ1) is 11.1. The number of carbonyl (C=O) groups excluding carboxylic acids is 1. The van der Waals surface area contributed by atoms with E-state index in [2.05, 4.69) is 31.6 Å². The molecule has 0 aliphatic heterocycles. The Kier molecular flexibility index (Phi) is 9.39. The van der Waals surface area contributed by atoms with E-state index in [1.165, 1.54) is 0 Å². The molecular formula is C17H20BrIN4O. The number of anilines is 1. The van der Waals surface area contributed by atoms with Crippen molar-refractivity contribution in [3.05, 3.63) is 64.6 Å². The maximum absolute atomic E-state index is 11.9. The molecule has 24 heavy (non-hydrogen) atoms. The van der Waals surface area contributed by atoms with Crippen molar-refractivity contribution < 1.29 is 4.79 Å². The molecule has 7 heteroatoms. The number of para-hydroxylation sites is 1. The number of hydrogen-bond acceptors (Lipinski definition) is 2. The number of rotatable bonds is 6. The number of amides is 1. The average molecular weight is 503 g/mol. The summed E-state index contributed by atoms with van der Waals surface area (Å²) in [5.74, 6) is 0.285. The monoisotopic (exact) mass is 502 g/mol. The molecular weight excluding hydrogens is 483 g/mol. The number of nitrogens with two attached hydrogens (primary N) is 1. The summed E-state index contributed by atoms with van der Waals surface area (Å²) in [5, 5.41) is 5.87. The molecule has 0 aromatic heterocycles. The zero-order chi connectivity index (χ0) is 16.5. The summed E-state index contributed by atoms with van der Waals surface area (Å²) in [5.41, 5.74) is 7.34. The molecule has 0 atom stereocenters. The highest BCUT2D eigenvalue weighted by Gasteiger charge is 2.03. The van der Waals surface area contributed by atoms with E-state index in [0.29, 0.717) is 24.6 Å². The van der Waals surface area contributed by atoms with E-state index in [-0.39, 0.29) is 29.9 Å². The minimum absolute atomic E-state index is 0.